The van der Waals surface area contributed by atoms with E-state index in [2.05, 4.69) is 4.90 Å². The number of hydrogen-bond donors (Lipinski definition) is 0. The molecule has 26 heavy (non-hydrogen) atoms. The number of benzene rings is 2. The van der Waals surface area contributed by atoms with Crippen LogP contribution in [0.4, 0.5) is 5.69 Å². The van der Waals surface area contributed by atoms with Gasteiger partial charge in [0.1, 0.15) is 25.1 Å². The first-order valence-electron chi connectivity index (χ1n) is 8.74. The number of hydrogen-bond acceptors (Lipinski definition) is 5. The van der Waals surface area contributed by atoms with Crippen LogP contribution in [-0.4, -0.2) is 57.3 Å². The molecule has 2 heterocycles. The maximum Gasteiger partial charge on any atom is 0.262 e. The topological polar surface area (TPSA) is 51.2 Å². The van der Waals surface area contributed by atoms with Crippen LogP contribution in [0.1, 0.15) is 10.4 Å². The molecular formula is C20H22N2O4. The van der Waals surface area contributed by atoms with E-state index in [1.54, 1.807) is 11.0 Å². The zero-order valence-electron chi connectivity index (χ0n) is 15.0. The molecule has 0 N–H and O–H groups in total. The molecule has 0 saturated carbocycles. The first kappa shape index (κ1) is 16.7. The summed E-state index contributed by atoms with van der Waals surface area (Å²) in [7, 11) is 3.99. The average Bonchev–Trinajstić information content (AvgIpc) is 2.66. The number of anilines is 1. The van der Waals surface area contributed by atoms with E-state index < -0.39 is 0 Å². The normalized spacial score (nSPS) is 18.3. The van der Waals surface area contributed by atoms with Gasteiger partial charge in [-0.15, -0.1) is 0 Å². The lowest BCUT2D eigenvalue weighted by molar-refractivity contribution is 0.0930. The Bertz CT molecular complexity index is 821. The number of amides is 1. The standard InChI is InChI=1S/C20H22N2O4/c1-21(2)12-14-13-22(16-7-3-4-8-17(16)26-14)20(23)15-6-5-9-18-19(15)25-11-10-24-18/h3-9,14H,10-13H2,1-2H3. The molecule has 1 atom stereocenters. The van der Waals surface area contributed by atoms with Crippen molar-refractivity contribution in [3.8, 4) is 17.2 Å². The minimum Gasteiger partial charge on any atom is -0.486 e. The molecule has 136 valence electrons. The summed E-state index contributed by atoms with van der Waals surface area (Å²) in [5.74, 6) is 1.76. The maximum absolute atomic E-state index is 13.4. The second kappa shape index (κ2) is 6.88. The molecule has 1 unspecified atom stereocenters. The first-order chi connectivity index (χ1) is 12.6. The third-order valence-electron chi connectivity index (χ3n) is 4.45. The fraction of sp³-hybridized carbons (Fsp3) is 0.350. The third-order valence-corrected chi connectivity index (χ3v) is 4.45. The Morgan fingerprint density at radius 2 is 1.85 bits per heavy atom. The Hall–Kier alpha value is -2.73. The Kier molecular flexibility index (Phi) is 4.42. The quantitative estimate of drug-likeness (QED) is 0.847. The second-order valence-corrected chi connectivity index (χ2v) is 6.72. The van der Waals surface area contributed by atoms with Crippen molar-refractivity contribution in [3.05, 3.63) is 48.0 Å². The first-order valence-corrected chi connectivity index (χ1v) is 8.74. The average molecular weight is 354 g/mol. The van der Waals surface area contributed by atoms with E-state index in [0.717, 1.165) is 18.0 Å². The minimum atomic E-state index is -0.105. The number of para-hydroxylation sites is 3. The summed E-state index contributed by atoms with van der Waals surface area (Å²) in [6, 6.07) is 13.1. The molecule has 6 heteroatoms. The highest BCUT2D eigenvalue weighted by molar-refractivity contribution is 6.09. The van der Waals surface area contributed by atoms with E-state index in [1.165, 1.54) is 0 Å². The highest BCUT2D eigenvalue weighted by Gasteiger charge is 2.32. The lowest BCUT2D eigenvalue weighted by Crippen LogP contribution is -2.47. The van der Waals surface area contributed by atoms with E-state index in [-0.39, 0.29) is 12.0 Å². The van der Waals surface area contributed by atoms with Gasteiger partial charge >= 0.3 is 0 Å². The summed E-state index contributed by atoms with van der Waals surface area (Å²) in [5, 5.41) is 0. The highest BCUT2D eigenvalue weighted by Crippen LogP contribution is 2.38. The molecule has 4 rings (SSSR count). The molecule has 0 aliphatic carbocycles. The summed E-state index contributed by atoms with van der Waals surface area (Å²) >= 11 is 0. The van der Waals surface area contributed by atoms with E-state index in [4.69, 9.17) is 14.2 Å². The maximum atomic E-state index is 13.4. The Labute approximate surface area is 152 Å². The van der Waals surface area contributed by atoms with E-state index in [0.29, 0.717) is 36.8 Å². The van der Waals surface area contributed by atoms with Crippen molar-refractivity contribution in [2.24, 2.45) is 0 Å². The number of carbonyl (C=O) groups excluding carboxylic acids is 1. The van der Waals surface area contributed by atoms with Gasteiger partial charge in [0.15, 0.2) is 11.5 Å². The number of carbonyl (C=O) groups is 1. The van der Waals surface area contributed by atoms with Gasteiger partial charge in [0.05, 0.1) is 17.8 Å². The lowest BCUT2D eigenvalue weighted by Gasteiger charge is -2.36. The van der Waals surface area contributed by atoms with Crippen LogP contribution in [0.3, 0.4) is 0 Å². The zero-order valence-corrected chi connectivity index (χ0v) is 15.0. The van der Waals surface area contributed by atoms with Gasteiger partial charge in [-0.1, -0.05) is 18.2 Å². The molecule has 2 aromatic carbocycles. The molecule has 0 aromatic heterocycles. The zero-order chi connectivity index (χ0) is 18.1. The highest BCUT2D eigenvalue weighted by atomic mass is 16.6. The Balaban J connectivity index is 1.71. The van der Waals surface area contributed by atoms with Crippen molar-refractivity contribution in [2.75, 3.05) is 45.3 Å². The van der Waals surface area contributed by atoms with Crippen molar-refractivity contribution >= 4 is 11.6 Å². The number of nitrogens with zero attached hydrogens (tertiary/aromatic N) is 2. The van der Waals surface area contributed by atoms with Gasteiger partial charge in [-0.05, 0) is 38.4 Å². The predicted molar refractivity (Wildman–Crippen MR) is 98.5 cm³/mol. The monoisotopic (exact) mass is 354 g/mol. The van der Waals surface area contributed by atoms with E-state index >= 15 is 0 Å². The molecule has 0 fully saturated rings. The largest absolute Gasteiger partial charge is 0.486 e. The van der Waals surface area contributed by atoms with Gasteiger partial charge in [0.2, 0.25) is 0 Å². The lowest BCUT2D eigenvalue weighted by atomic mass is 10.1. The SMILES string of the molecule is CN(C)CC1CN(C(=O)c2cccc3c2OCCO3)c2ccccc2O1. The van der Waals surface area contributed by atoms with Gasteiger partial charge in [-0.3, -0.25) is 4.79 Å². The van der Waals surface area contributed by atoms with Gasteiger partial charge in [-0.2, -0.15) is 0 Å². The minimum absolute atomic E-state index is 0.0967. The molecule has 0 spiro atoms. The van der Waals surface area contributed by atoms with Crippen molar-refractivity contribution in [1.29, 1.82) is 0 Å². The summed E-state index contributed by atoms with van der Waals surface area (Å²) in [6.45, 7) is 2.15. The summed E-state index contributed by atoms with van der Waals surface area (Å²) in [6.07, 6.45) is -0.0967. The van der Waals surface area contributed by atoms with Crippen molar-refractivity contribution in [2.45, 2.75) is 6.10 Å². The summed E-state index contributed by atoms with van der Waals surface area (Å²) < 4.78 is 17.4. The van der Waals surface area contributed by atoms with Crippen molar-refractivity contribution < 1.29 is 19.0 Å². The van der Waals surface area contributed by atoms with Crippen LogP contribution in [0.25, 0.3) is 0 Å². The van der Waals surface area contributed by atoms with Gasteiger partial charge in [0.25, 0.3) is 5.91 Å². The van der Waals surface area contributed by atoms with Crippen LogP contribution >= 0.6 is 0 Å². The van der Waals surface area contributed by atoms with Crippen molar-refractivity contribution in [1.82, 2.24) is 4.90 Å². The van der Waals surface area contributed by atoms with Gasteiger partial charge in [0, 0.05) is 6.54 Å². The van der Waals surface area contributed by atoms with Crippen LogP contribution < -0.4 is 19.1 Å². The molecule has 0 bridgehead atoms. The molecule has 0 saturated heterocycles. The molecule has 2 aromatic rings. The second-order valence-electron chi connectivity index (χ2n) is 6.72. The Morgan fingerprint density at radius 1 is 1.08 bits per heavy atom. The van der Waals surface area contributed by atoms with Crippen LogP contribution in [0, 0.1) is 0 Å². The number of fused-ring (bicyclic) bond motifs is 2. The van der Waals surface area contributed by atoms with Crippen LogP contribution in [0.2, 0.25) is 0 Å². The molecule has 2 aliphatic heterocycles. The molecule has 1 amide bonds. The Morgan fingerprint density at radius 3 is 2.69 bits per heavy atom. The van der Waals surface area contributed by atoms with Crippen LogP contribution in [0.5, 0.6) is 17.2 Å². The van der Waals surface area contributed by atoms with Gasteiger partial charge in [-0.25, -0.2) is 0 Å². The van der Waals surface area contributed by atoms with Crippen LogP contribution in [-0.2, 0) is 0 Å². The molecule has 2 aliphatic rings. The molecule has 0 radical (unpaired) electrons. The van der Waals surface area contributed by atoms with Crippen molar-refractivity contribution in [3.63, 3.8) is 0 Å². The summed E-state index contributed by atoms with van der Waals surface area (Å²) in [4.78, 5) is 17.2. The third kappa shape index (κ3) is 3.08. The summed E-state index contributed by atoms with van der Waals surface area (Å²) in [5.41, 5.74) is 1.30. The number of rotatable bonds is 3. The number of likely N-dealkylation sites (N-methyl/N-ethyl adjacent to an activating group) is 1. The molecular weight excluding hydrogens is 332 g/mol. The predicted octanol–water partition coefficient (Wildman–Crippen LogP) is 2.43. The van der Waals surface area contributed by atoms with Crippen LogP contribution in [0.15, 0.2) is 42.5 Å². The number of ether oxygens (including phenoxy) is 3. The fourth-order valence-electron chi connectivity index (χ4n) is 3.38. The van der Waals surface area contributed by atoms with E-state index in [1.807, 2.05) is 50.5 Å². The smallest absolute Gasteiger partial charge is 0.262 e. The molecule has 6 nitrogen and oxygen atoms in total. The van der Waals surface area contributed by atoms with Gasteiger partial charge < -0.3 is 24.0 Å². The van der Waals surface area contributed by atoms with E-state index in [9.17, 15) is 4.79 Å². The fourth-order valence-corrected chi connectivity index (χ4v) is 3.38.